The Bertz CT molecular complexity index is 1230. The first kappa shape index (κ1) is 36.6. The summed E-state index contributed by atoms with van der Waals surface area (Å²) in [6, 6.07) is 12.3. The lowest BCUT2D eigenvalue weighted by Gasteiger charge is -2.20. The molecule has 0 bridgehead atoms. The summed E-state index contributed by atoms with van der Waals surface area (Å²) in [5.41, 5.74) is 0.426. The number of benzene rings is 2. The van der Waals surface area contributed by atoms with Crippen molar-refractivity contribution in [1.82, 2.24) is 0 Å². The zero-order valence-corrected chi connectivity index (χ0v) is 23.6. The van der Waals surface area contributed by atoms with Crippen LogP contribution in [-0.2, 0) is 28.7 Å². The second-order valence-corrected chi connectivity index (χ2v) is 12.6. The van der Waals surface area contributed by atoms with E-state index < -0.39 is 52.1 Å². The minimum absolute atomic E-state index is 0.00447. The van der Waals surface area contributed by atoms with E-state index in [1.165, 1.54) is 30.3 Å². The second kappa shape index (κ2) is 16.0. The molecule has 0 heterocycles. The molecule has 0 amide bonds. The van der Waals surface area contributed by atoms with Gasteiger partial charge in [0.25, 0.3) is 0 Å². The maximum Gasteiger partial charge on any atom is 0.469 e. The van der Waals surface area contributed by atoms with Crippen LogP contribution in [0, 0.1) is 0 Å². The Labute approximate surface area is 229 Å². The predicted molar refractivity (Wildman–Crippen MR) is 142 cm³/mol. The topological polar surface area (TPSA) is 253 Å². The van der Waals surface area contributed by atoms with Gasteiger partial charge < -0.3 is 35.1 Å². The molecule has 0 aliphatic rings. The molecule has 7 N–H and O–H groups in total. The normalized spacial score (nSPS) is 12.4. The van der Waals surface area contributed by atoms with Gasteiger partial charge in [-0.3, -0.25) is 18.7 Å². The Morgan fingerprint density at radius 3 is 1.55 bits per heavy atom. The number of hydrogen-bond acceptors (Lipinski definition) is 7. The molecule has 2 rings (SSSR count). The van der Waals surface area contributed by atoms with Crippen molar-refractivity contribution in [3.05, 3.63) is 65.2 Å². The first-order valence-electron chi connectivity index (χ1n) is 11.3. The monoisotopic (exact) mass is 606 g/mol. The van der Waals surface area contributed by atoms with Crippen molar-refractivity contribution >= 4 is 44.4 Å². The summed E-state index contributed by atoms with van der Waals surface area (Å²) in [5.74, 6) is -4.45. The molecule has 0 fully saturated rings. The van der Waals surface area contributed by atoms with E-state index >= 15 is 0 Å². The van der Waals surface area contributed by atoms with Crippen molar-refractivity contribution in [2.75, 3.05) is 12.8 Å². The van der Waals surface area contributed by atoms with Crippen LogP contribution in [0.15, 0.2) is 48.5 Å². The van der Waals surface area contributed by atoms with Crippen molar-refractivity contribution < 1.29 is 67.9 Å². The zero-order chi connectivity index (χ0) is 31.3. The highest BCUT2D eigenvalue weighted by atomic mass is 31.2. The van der Waals surface area contributed by atoms with Crippen LogP contribution in [0.3, 0.4) is 0 Å². The first-order chi connectivity index (χ1) is 18.2. The van der Waals surface area contributed by atoms with Crippen LogP contribution in [0.5, 0.6) is 0 Å². The van der Waals surface area contributed by atoms with Gasteiger partial charge >= 0.3 is 31.7 Å². The molecule has 16 heteroatoms. The molecule has 0 aromatic heterocycles. The summed E-state index contributed by atoms with van der Waals surface area (Å²) in [4.78, 5) is 67.3. The van der Waals surface area contributed by atoms with Crippen molar-refractivity contribution in [2.45, 2.75) is 39.0 Å². The summed E-state index contributed by atoms with van der Waals surface area (Å²) in [7, 11) is -7.96. The molecule has 0 spiro atoms. The van der Waals surface area contributed by atoms with Gasteiger partial charge in [0.05, 0.1) is 30.6 Å². The fourth-order valence-corrected chi connectivity index (χ4v) is 4.32. The highest BCUT2D eigenvalue weighted by Crippen LogP contribution is 2.39. The van der Waals surface area contributed by atoms with Crippen LogP contribution in [0.1, 0.15) is 59.9 Å². The molecule has 0 aliphatic heterocycles. The average molecular weight is 606 g/mol. The van der Waals surface area contributed by atoms with Crippen LogP contribution in [-0.4, -0.2) is 71.8 Å². The van der Waals surface area contributed by atoms with E-state index in [1.807, 2.05) is 20.8 Å². The van der Waals surface area contributed by atoms with E-state index in [0.29, 0.717) is 10.9 Å². The van der Waals surface area contributed by atoms with Gasteiger partial charge in [-0.2, -0.15) is 0 Å². The largest absolute Gasteiger partial charge is 0.481 e. The lowest BCUT2D eigenvalue weighted by atomic mass is 9.85. The Morgan fingerprint density at radius 2 is 1.20 bits per heavy atom. The average Bonchev–Trinajstić information content (AvgIpc) is 2.82. The highest BCUT2D eigenvalue weighted by molar-refractivity contribution is 7.66. The molecule has 1 atom stereocenters. The maximum absolute atomic E-state index is 11.6. The predicted octanol–water partition coefficient (Wildman–Crippen LogP) is 3.01. The molecule has 0 aliphatic carbocycles. The van der Waals surface area contributed by atoms with E-state index in [4.69, 9.17) is 30.2 Å². The van der Waals surface area contributed by atoms with Gasteiger partial charge in [0, 0.05) is 11.5 Å². The minimum Gasteiger partial charge on any atom is -0.481 e. The molecule has 0 saturated carbocycles. The van der Waals surface area contributed by atoms with Crippen molar-refractivity contribution in [1.29, 1.82) is 0 Å². The lowest BCUT2D eigenvalue weighted by Crippen LogP contribution is -2.14. The van der Waals surface area contributed by atoms with Crippen LogP contribution in [0.25, 0.3) is 0 Å². The Morgan fingerprint density at radius 1 is 0.750 bits per heavy atom. The zero-order valence-electron chi connectivity index (χ0n) is 21.8. The van der Waals surface area contributed by atoms with Gasteiger partial charge in [-0.25, -0.2) is 14.2 Å². The first-order valence-corrected chi connectivity index (χ1v) is 14.7. The molecule has 2 aromatic carbocycles. The summed E-state index contributed by atoms with van der Waals surface area (Å²) in [6.45, 7) is 5.23. The lowest BCUT2D eigenvalue weighted by molar-refractivity contribution is -0.138. The van der Waals surface area contributed by atoms with E-state index in [2.05, 4.69) is 4.52 Å². The molecule has 2 aromatic rings. The molecular formula is C24H32O14P2. The molecule has 1 unspecified atom stereocenters. The van der Waals surface area contributed by atoms with Crippen molar-refractivity contribution in [3.8, 4) is 0 Å². The third-order valence-corrected chi connectivity index (χ3v) is 7.11. The van der Waals surface area contributed by atoms with Gasteiger partial charge in [-0.1, -0.05) is 39.0 Å². The fraction of sp³-hybridized carbons (Fsp3) is 0.333. The number of carbonyl (C=O) groups is 4. The second-order valence-electron chi connectivity index (χ2n) is 9.03. The van der Waals surface area contributed by atoms with E-state index in [0.717, 1.165) is 0 Å². The maximum atomic E-state index is 11.6. The summed E-state index contributed by atoms with van der Waals surface area (Å²) in [6.07, 6.45) is -0.917. The molecule has 14 nitrogen and oxygen atoms in total. The number of aromatic carboxylic acids is 2. The summed E-state index contributed by atoms with van der Waals surface area (Å²) < 4.78 is 25.3. The van der Waals surface area contributed by atoms with Crippen LogP contribution >= 0.6 is 15.2 Å². The molecule has 40 heavy (non-hydrogen) atoms. The fourth-order valence-electron chi connectivity index (χ4n) is 2.60. The molecule has 0 radical (unpaired) electrons. The van der Waals surface area contributed by atoms with E-state index in [1.54, 1.807) is 18.2 Å². The van der Waals surface area contributed by atoms with Gasteiger partial charge in [0.2, 0.25) is 7.37 Å². The number of aliphatic carboxylic acids is 2. The quantitative estimate of drug-likeness (QED) is 0.192. The van der Waals surface area contributed by atoms with Crippen molar-refractivity contribution in [3.63, 3.8) is 0 Å². The number of carboxylic acids is 4. The van der Waals surface area contributed by atoms with Crippen molar-refractivity contribution in [2.24, 2.45) is 0 Å². The van der Waals surface area contributed by atoms with Crippen LogP contribution in [0.2, 0.25) is 0 Å². The van der Waals surface area contributed by atoms with Crippen LogP contribution < -0.4 is 5.30 Å². The summed E-state index contributed by atoms with van der Waals surface area (Å²) in [5, 5.41) is 34.5. The minimum atomic E-state index is -4.49. The van der Waals surface area contributed by atoms with Gasteiger partial charge in [-0.15, -0.1) is 0 Å². The number of rotatable bonds is 10. The number of phosphoric acid groups is 1. The Balaban J connectivity index is 0.000000587. The SMILES string of the molecule is CC(C)(C)c1cc(C(=O)O)cc(C(=O)O)c1.O=C(O)CCOP(=O)(O)O.O=C(O)CCP(=O)(O)c1ccccc1. The number of carboxylic acid groups (broad SMARTS) is 4. The van der Waals surface area contributed by atoms with Gasteiger partial charge in [0.15, 0.2) is 0 Å². The van der Waals surface area contributed by atoms with E-state index in [-0.39, 0.29) is 29.1 Å². The van der Waals surface area contributed by atoms with Gasteiger partial charge in [-0.05, 0) is 41.3 Å². The third-order valence-electron chi connectivity index (χ3n) is 4.66. The highest BCUT2D eigenvalue weighted by Gasteiger charge is 2.22. The number of phosphoric ester groups is 1. The molecule has 222 valence electrons. The number of hydrogen-bond donors (Lipinski definition) is 7. The standard InChI is InChI=1S/C12H14O4.C9H11O4P.C3H7O6P/c1-12(2,3)9-5-7(10(13)14)4-8(6-9)11(15)16;10-9(11)6-7-14(12,13)8-4-2-1-3-5-8;4-3(5)1-2-9-10(6,7)8/h4-6H,1-3H3,(H,13,14)(H,15,16);1-5H,6-7H2,(H,10,11)(H,12,13);1-2H2,(H,4,5)(H2,6,7,8). The summed E-state index contributed by atoms with van der Waals surface area (Å²) >= 11 is 0. The molecule has 0 saturated heterocycles. The van der Waals surface area contributed by atoms with Crippen LogP contribution in [0.4, 0.5) is 0 Å². The third kappa shape index (κ3) is 15.9. The molecular weight excluding hydrogens is 574 g/mol. The van der Waals surface area contributed by atoms with Gasteiger partial charge in [0.1, 0.15) is 0 Å². The van der Waals surface area contributed by atoms with E-state index in [9.17, 15) is 33.2 Å². The Hall–Kier alpha value is -3.38. The Kier molecular flexibility index (Phi) is 14.7. The smallest absolute Gasteiger partial charge is 0.469 e.